The van der Waals surface area contributed by atoms with Crippen molar-refractivity contribution in [3.8, 4) is 0 Å². The van der Waals surface area contributed by atoms with Gasteiger partial charge in [-0.15, -0.1) is 0 Å². The van der Waals surface area contributed by atoms with E-state index in [1.807, 2.05) is 0 Å². The Hall–Kier alpha value is -1.14. The molecule has 3 N–H and O–H groups in total. The number of halogens is 1. The molecule has 0 aliphatic heterocycles. The summed E-state index contributed by atoms with van der Waals surface area (Å²) in [5, 5.41) is 2.74. The summed E-state index contributed by atoms with van der Waals surface area (Å²) in [6, 6.07) is 1.65. The van der Waals surface area contributed by atoms with E-state index in [9.17, 15) is 4.79 Å². The van der Waals surface area contributed by atoms with Crippen molar-refractivity contribution >= 4 is 27.7 Å². The van der Waals surface area contributed by atoms with Crippen LogP contribution in [0.1, 0.15) is 30.1 Å². The molecule has 5 nitrogen and oxygen atoms in total. The van der Waals surface area contributed by atoms with E-state index >= 15 is 0 Å². The number of amides is 1. The molecule has 6 heteroatoms. The average molecular weight is 316 g/mol. The number of anilines is 1. The molecule has 1 aromatic heterocycles. The number of aromatic nitrogens is 1. The summed E-state index contributed by atoms with van der Waals surface area (Å²) in [5.74, 6) is -0.0111. The first-order valence-electron chi connectivity index (χ1n) is 5.92. The molecule has 0 aliphatic rings. The molecule has 0 fully saturated rings. The molecule has 18 heavy (non-hydrogen) atoms. The Labute approximate surface area is 115 Å². The number of nitrogens with two attached hydrogens (primary N) is 1. The Morgan fingerprint density at radius 1 is 1.56 bits per heavy atom. The molecule has 1 rings (SSSR count). The number of rotatable bonds is 7. The fourth-order valence-electron chi connectivity index (χ4n) is 1.31. The zero-order valence-corrected chi connectivity index (χ0v) is 12.0. The van der Waals surface area contributed by atoms with Gasteiger partial charge in [-0.3, -0.25) is 4.79 Å². The number of hydrogen-bond donors (Lipinski definition) is 2. The molecular formula is C12H18BrN3O2. The van der Waals surface area contributed by atoms with Gasteiger partial charge in [-0.1, -0.05) is 13.3 Å². The second-order valence-electron chi connectivity index (χ2n) is 3.81. The van der Waals surface area contributed by atoms with Crippen molar-refractivity contribution in [1.82, 2.24) is 10.3 Å². The van der Waals surface area contributed by atoms with Crippen molar-refractivity contribution in [3.63, 3.8) is 0 Å². The predicted molar refractivity (Wildman–Crippen MR) is 74.4 cm³/mol. The molecule has 0 radical (unpaired) electrons. The van der Waals surface area contributed by atoms with Crippen molar-refractivity contribution < 1.29 is 9.53 Å². The van der Waals surface area contributed by atoms with Crippen LogP contribution in [0.2, 0.25) is 0 Å². The molecule has 100 valence electrons. The third-order valence-corrected chi connectivity index (χ3v) is 2.74. The largest absolute Gasteiger partial charge is 0.383 e. The molecule has 1 aromatic rings. The molecule has 0 saturated carbocycles. The standard InChI is InChI=1S/C12H18BrN3O2/c1-2-3-5-18-6-4-15-12(17)10-7-9(13)8-16-11(10)14/h7-8H,2-6H2,1H3,(H2,14,16)(H,15,17). The van der Waals surface area contributed by atoms with Gasteiger partial charge >= 0.3 is 0 Å². The van der Waals surface area contributed by atoms with Crippen LogP contribution in [0, 0.1) is 0 Å². The number of ether oxygens (including phenoxy) is 1. The Balaban J connectivity index is 2.34. The lowest BCUT2D eigenvalue weighted by Crippen LogP contribution is -2.28. The van der Waals surface area contributed by atoms with Crippen molar-refractivity contribution in [2.75, 3.05) is 25.5 Å². The number of pyridine rings is 1. The van der Waals surface area contributed by atoms with E-state index in [1.165, 1.54) is 0 Å². The lowest BCUT2D eigenvalue weighted by atomic mass is 10.2. The van der Waals surface area contributed by atoms with Gasteiger partial charge in [0.1, 0.15) is 5.82 Å². The van der Waals surface area contributed by atoms with Crippen molar-refractivity contribution in [2.24, 2.45) is 0 Å². The Morgan fingerprint density at radius 3 is 3.06 bits per heavy atom. The summed E-state index contributed by atoms with van der Waals surface area (Å²) in [6.45, 7) is 3.81. The average Bonchev–Trinajstić information content (AvgIpc) is 2.36. The molecule has 1 heterocycles. The topological polar surface area (TPSA) is 77.2 Å². The van der Waals surface area contributed by atoms with Gasteiger partial charge in [0.2, 0.25) is 0 Å². The van der Waals surface area contributed by atoms with Crippen molar-refractivity contribution in [1.29, 1.82) is 0 Å². The first-order valence-corrected chi connectivity index (χ1v) is 6.71. The van der Waals surface area contributed by atoms with Crippen molar-refractivity contribution in [2.45, 2.75) is 19.8 Å². The highest BCUT2D eigenvalue weighted by Gasteiger charge is 2.10. The fraction of sp³-hybridized carbons (Fsp3) is 0.500. The van der Waals surface area contributed by atoms with Crippen molar-refractivity contribution in [3.05, 3.63) is 22.3 Å². The maximum absolute atomic E-state index is 11.8. The van der Waals surface area contributed by atoms with Crippen LogP contribution in [0.5, 0.6) is 0 Å². The molecule has 0 saturated heterocycles. The van der Waals surface area contributed by atoms with Gasteiger partial charge in [0.25, 0.3) is 5.91 Å². The number of unbranched alkanes of at least 4 members (excludes halogenated alkanes) is 1. The second kappa shape index (κ2) is 8.05. The fourth-order valence-corrected chi connectivity index (χ4v) is 1.64. The maximum atomic E-state index is 11.8. The number of hydrogen-bond acceptors (Lipinski definition) is 4. The van der Waals surface area contributed by atoms with Gasteiger partial charge in [0.15, 0.2) is 0 Å². The van der Waals surface area contributed by atoms with Crippen LogP contribution in [0.3, 0.4) is 0 Å². The lowest BCUT2D eigenvalue weighted by Gasteiger charge is -2.07. The third kappa shape index (κ3) is 5.01. The molecule has 0 bridgehead atoms. The molecule has 0 aliphatic carbocycles. The first kappa shape index (κ1) is 14.9. The van der Waals surface area contributed by atoms with E-state index in [0.29, 0.717) is 18.7 Å². The predicted octanol–water partition coefficient (Wildman–Crippen LogP) is 1.97. The van der Waals surface area contributed by atoms with E-state index in [-0.39, 0.29) is 11.7 Å². The van der Waals surface area contributed by atoms with E-state index in [0.717, 1.165) is 23.9 Å². The minimum Gasteiger partial charge on any atom is -0.383 e. The number of nitrogen functional groups attached to an aromatic ring is 1. The Kier molecular flexibility index (Phi) is 6.67. The molecule has 0 unspecified atom stereocenters. The summed E-state index contributed by atoms with van der Waals surface area (Å²) < 4.78 is 6.07. The van der Waals surface area contributed by atoms with Crippen LogP contribution in [0.25, 0.3) is 0 Å². The van der Waals surface area contributed by atoms with Crippen LogP contribution in [-0.4, -0.2) is 30.6 Å². The van der Waals surface area contributed by atoms with E-state index in [1.54, 1.807) is 12.3 Å². The smallest absolute Gasteiger partial charge is 0.255 e. The van der Waals surface area contributed by atoms with Gasteiger partial charge in [0, 0.05) is 23.8 Å². The lowest BCUT2D eigenvalue weighted by molar-refractivity contribution is 0.0913. The van der Waals surface area contributed by atoms with Crippen LogP contribution in [-0.2, 0) is 4.74 Å². The van der Waals surface area contributed by atoms with Gasteiger partial charge in [-0.05, 0) is 28.4 Å². The minimum absolute atomic E-state index is 0.225. The van der Waals surface area contributed by atoms with Crippen LogP contribution in [0.15, 0.2) is 16.7 Å². The second-order valence-corrected chi connectivity index (χ2v) is 4.72. The number of nitrogens with one attached hydrogen (secondary N) is 1. The zero-order valence-electron chi connectivity index (χ0n) is 10.4. The molecular weight excluding hydrogens is 298 g/mol. The number of carbonyl (C=O) groups is 1. The minimum atomic E-state index is -0.236. The highest BCUT2D eigenvalue weighted by molar-refractivity contribution is 9.10. The molecule has 0 atom stereocenters. The van der Waals surface area contributed by atoms with Gasteiger partial charge in [-0.2, -0.15) is 0 Å². The van der Waals surface area contributed by atoms with Crippen LogP contribution >= 0.6 is 15.9 Å². The molecule has 0 spiro atoms. The summed E-state index contributed by atoms with van der Waals surface area (Å²) >= 11 is 3.25. The highest BCUT2D eigenvalue weighted by atomic mass is 79.9. The van der Waals surface area contributed by atoms with E-state index in [2.05, 4.69) is 33.2 Å². The summed E-state index contributed by atoms with van der Waals surface area (Å²) in [7, 11) is 0. The maximum Gasteiger partial charge on any atom is 0.255 e. The quantitative estimate of drug-likeness (QED) is 0.754. The number of nitrogens with zero attached hydrogens (tertiary/aromatic N) is 1. The Morgan fingerprint density at radius 2 is 2.33 bits per heavy atom. The Bertz CT molecular complexity index is 399. The van der Waals surface area contributed by atoms with E-state index in [4.69, 9.17) is 10.5 Å². The summed E-state index contributed by atoms with van der Waals surface area (Å²) in [5.41, 5.74) is 6.01. The monoisotopic (exact) mass is 315 g/mol. The first-order chi connectivity index (χ1) is 8.65. The molecule has 0 aromatic carbocycles. The van der Waals surface area contributed by atoms with Gasteiger partial charge in [-0.25, -0.2) is 4.98 Å². The third-order valence-electron chi connectivity index (χ3n) is 2.30. The zero-order chi connectivity index (χ0) is 13.4. The van der Waals surface area contributed by atoms with Gasteiger partial charge in [0.05, 0.1) is 12.2 Å². The van der Waals surface area contributed by atoms with Crippen LogP contribution in [0.4, 0.5) is 5.82 Å². The SMILES string of the molecule is CCCCOCCNC(=O)c1cc(Br)cnc1N. The summed E-state index contributed by atoms with van der Waals surface area (Å²) in [6.07, 6.45) is 3.70. The number of carbonyl (C=O) groups excluding carboxylic acids is 1. The highest BCUT2D eigenvalue weighted by Crippen LogP contribution is 2.15. The van der Waals surface area contributed by atoms with E-state index < -0.39 is 0 Å². The summed E-state index contributed by atoms with van der Waals surface area (Å²) in [4.78, 5) is 15.7. The molecule has 1 amide bonds. The normalized spacial score (nSPS) is 10.3. The van der Waals surface area contributed by atoms with Crippen LogP contribution < -0.4 is 11.1 Å². The van der Waals surface area contributed by atoms with Gasteiger partial charge < -0.3 is 15.8 Å².